The minimum Gasteiger partial charge on any atom is -0.497 e. The van der Waals surface area contributed by atoms with Gasteiger partial charge in [-0.3, -0.25) is 14.9 Å². The van der Waals surface area contributed by atoms with E-state index in [0.29, 0.717) is 28.7 Å². The summed E-state index contributed by atoms with van der Waals surface area (Å²) in [6.07, 6.45) is 4.01. The van der Waals surface area contributed by atoms with E-state index in [2.05, 4.69) is 26.6 Å². The Balaban J connectivity index is 1.44. The molecule has 1 saturated carbocycles. The highest BCUT2D eigenvalue weighted by molar-refractivity contribution is 6.05. The van der Waals surface area contributed by atoms with E-state index in [0.717, 1.165) is 33.7 Å². The Morgan fingerprint density at radius 3 is 2.53 bits per heavy atom. The molecule has 8 heteroatoms. The number of nitrogens with zero attached hydrogens (tertiary/aromatic N) is 3. The Hall–Kier alpha value is -3.94. The van der Waals surface area contributed by atoms with E-state index in [1.54, 1.807) is 38.6 Å². The second kappa shape index (κ2) is 7.96. The van der Waals surface area contributed by atoms with Crippen molar-refractivity contribution >= 4 is 22.6 Å². The molecule has 162 valence electrons. The van der Waals surface area contributed by atoms with Crippen LogP contribution in [-0.4, -0.2) is 40.3 Å². The summed E-state index contributed by atoms with van der Waals surface area (Å²) in [7, 11) is 3.09. The highest BCUT2D eigenvalue weighted by atomic mass is 16.5. The number of fused-ring (bicyclic) bond motifs is 1. The number of ether oxygens (including phenoxy) is 2. The Labute approximate surface area is 185 Å². The van der Waals surface area contributed by atoms with Crippen LogP contribution < -0.4 is 14.8 Å². The summed E-state index contributed by atoms with van der Waals surface area (Å²) >= 11 is 0. The van der Waals surface area contributed by atoms with Gasteiger partial charge in [0.2, 0.25) is 0 Å². The quantitative estimate of drug-likeness (QED) is 0.469. The van der Waals surface area contributed by atoms with Crippen LogP contribution in [0.1, 0.15) is 40.5 Å². The SMILES string of the molecule is COc1cc(OC)cc(C(=O)Nc2cnc(C)c(-c3ccc4c(C5CC5)n[nH]c4n3)c2)c1. The monoisotopic (exact) mass is 429 g/mol. The lowest BCUT2D eigenvalue weighted by atomic mass is 10.1. The third-order valence-corrected chi connectivity index (χ3v) is 5.65. The van der Waals surface area contributed by atoms with Crippen LogP contribution in [0.3, 0.4) is 0 Å². The molecule has 0 spiro atoms. The van der Waals surface area contributed by atoms with Crippen LogP contribution in [0.15, 0.2) is 42.6 Å². The number of rotatable bonds is 6. The van der Waals surface area contributed by atoms with E-state index in [4.69, 9.17) is 14.5 Å². The standard InChI is InChI=1S/C24H23N5O3/c1-13-20(21-7-6-19-22(14-4-5-14)28-29-23(19)27-21)10-16(12-25-13)26-24(30)15-8-17(31-2)11-18(9-15)32-3/h6-12,14H,4-5H2,1-3H3,(H,26,30)(H,27,28,29). The number of nitrogens with one attached hydrogen (secondary N) is 2. The molecule has 32 heavy (non-hydrogen) atoms. The first-order valence-corrected chi connectivity index (χ1v) is 10.4. The van der Waals surface area contributed by atoms with E-state index in [9.17, 15) is 4.79 Å². The molecule has 5 rings (SSSR count). The summed E-state index contributed by atoms with van der Waals surface area (Å²) in [5.74, 6) is 1.35. The van der Waals surface area contributed by atoms with Gasteiger partial charge < -0.3 is 14.8 Å². The molecule has 1 aliphatic carbocycles. The van der Waals surface area contributed by atoms with Crippen molar-refractivity contribution in [3.8, 4) is 22.8 Å². The second-order valence-corrected chi connectivity index (χ2v) is 7.89. The van der Waals surface area contributed by atoms with Gasteiger partial charge in [-0.1, -0.05) is 0 Å². The number of amides is 1. The zero-order valence-corrected chi connectivity index (χ0v) is 18.1. The third kappa shape index (κ3) is 3.75. The van der Waals surface area contributed by atoms with Gasteiger partial charge in [-0.2, -0.15) is 5.10 Å². The van der Waals surface area contributed by atoms with E-state index >= 15 is 0 Å². The molecule has 0 atom stereocenters. The molecule has 4 aromatic rings. The third-order valence-electron chi connectivity index (χ3n) is 5.65. The number of anilines is 1. The van der Waals surface area contributed by atoms with Crippen LogP contribution in [0.25, 0.3) is 22.3 Å². The number of H-pyrrole nitrogens is 1. The number of hydrogen-bond donors (Lipinski definition) is 2. The molecule has 0 unspecified atom stereocenters. The minimum absolute atomic E-state index is 0.287. The molecule has 8 nitrogen and oxygen atoms in total. The average molecular weight is 429 g/mol. The molecule has 0 saturated heterocycles. The first kappa shape index (κ1) is 20.0. The maximum absolute atomic E-state index is 12.9. The van der Waals surface area contributed by atoms with E-state index in [1.165, 1.54) is 12.8 Å². The number of aromatic nitrogens is 4. The molecule has 3 aromatic heterocycles. The lowest BCUT2D eigenvalue weighted by molar-refractivity contribution is 0.102. The molecule has 0 aliphatic heterocycles. The first-order chi connectivity index (χ1) is 15.6. The molecule has 3 heterocycles. The van der Waals surface area contributed by atoms with Crippen LogP contribution in [0, 0.1) is 6.92 Å². The van der Waals surface area contributed by atoms with Gasteiger partial charge in [0, 0.05) is 34.2 Å². The summed E-state index contributed by atoms with van der Waals surface area (Å²) in [5, 5.41) is 11.5. The highest BCUT2D eigenvalue weighted by Gasteiger charge is 2.28. The van der Waals surface area contributed by atoms with Crippen molar-refractivity contribution in [1.29, 1.82) is 0 Å². The van der Waals surface area contributed by atoms with Crippen molar-refractivity contribution in [2.45, 2.75) is 25.7 Å². The number of methoxy groups -OCH3 is 2. The molecule has 1 amide bonds. The lowest BCUT2D eigenvalue weighted by Gasteiger charge is -2.11. The van der Waals surface area contributed by atoms with Gasteiger partial charge in [0.15, 0.2) is 5.65 Å². The average Bonchev–Trinajstić information content (AvgIpc) is 3.58. The summed E-state index contributed by atoms with van der Waals surface area (Å²) in [4.78, 5) is 22.1. The van der Waals surface area contributed by atoms with Crippen molar-refractivity contribution in [2.24, 2.45) is 0 Å². The van der Waals surface area contributed by atoms with Crippen molar-refractivity contribution in [1.82, 2.24) is 20.2 Å². The molecular weight excluding hydrogens is 406 g/mol. The summed E-state index contributed by atoms with van der Waals surface area (Å²) < 4.78 is 10.5. The molecular formula is C24H23N5O3. The number of benzene rings is 1. The Morgan fingerprint density at radius 2 is 1.84 bits per heavy atom. The molecule has 0 bridgehead atoms. The van der Waals surface area contributed by atoms with Gasteiger partial charge in [0.05, 0.1) is 37.5 Å². The predicted octanol–water partition coefficient (Wildman–Crippen LogP) is 4.48. The number of aromatic amines is 1. The van der Waals surface area contributed by atoms with Crippen molar-refractivity contribution < 1.29 is 14.3 Å². The van der Waals surface area contributed by atoms with Gasteiger partial charge in [0.25, 0.3) is 5.91 Å². The number of carbonyl (C=O) groups excluding carboxylic acids is 1. The molecule has 2 N–H and O–H groups in total. The van der Waals surface area contributed by atoms with Crippen molar-refractivity contribution in [2.75, 3.05) is 19.5 Å². The van der Waals surface area contributed by atoms with E-state index < -0.39 is 0 Å². The van der Waals surface area contributed by atoms with Gasteiger partial charge in [-0.05, 0) is 50.1 Å². The van der Waals surface area contributed by atoms with Crippen molar-refractivity contribution in [3.05, 3.63) is 59.5 Å². The van der Waals surface area contributed by atoms with E-state index in [1.807, 2.05) is 19.1 Å². The van der Waals surface area contributed by atoms with Crippen LogP contribution in [0.4, 0.5) is 5.69 Å². The number of carbonyl (C=O) groups is 1. The number of hydrogen-bond acceptors (Lipinski definition) is 6. The first-order valence-electron chi connectivity index (χ1n) is 10.4. The van der Waals surface area contributed by atoms with Gasteiger partial charge >= 0.3 is 0 Å². The largest absolute Gasteiger partial charge is 0.497 e. The summed E-state index contributed by atoms with van der Waals surface area (Å²) in [5.41, 5.74) is 5.30. The zero-order chi connectivity index (χ0) is 22.2. The molecule has 0 radical (unpaired) electrons. The number of aryl methyl sites for hydroxylation is 1. The van der Waals surface area contributed by atoms with Crippen LogP contribution in [0.5, 0.6) is 11.5 Å². The fourth-order valence-corrected chi connectivity index (χ4v) is 3.75. The second-order valence-electron chi connectivity index (χ2n) is 7.89. The fraction of sp³-hybridized carbons (Fsp3) is 0.250. The van der Waals surface area contributed by atoms with Crippen LogP contribution in [-0.2, 0) is 0 Å². The lowest BCUT2D eigenvalue weighted by Crippen LogP contribution is -2.12. The van der Waals surface area contributed by atoms with Crippen LogP contribution in [0.2, 0.25) is 0 Å². The minimum atomic E-state index is -0.287. The maximum atomic E-state index is 12.9. The molecule has 1 aliphatic rings. The maximum Gasteiger partial charge on any atom is 0.255 e. The summed E-state index contributed by atoms with van der Waals surface area (Å²) in [6, 6.07) is 10.9. The van der Waals surface area contributed by atoms with Crippen molar-refractivity contribution in [3.63, 3.8) is 0 Å². The van der Waals surface area contributed by atoms with Gasteiger partial charge in [-0.25, -0.2) is 4.98 Å². The topological polar surface area (TPSA) is 102 Å². The number of pyridine rings is 2. The Morgan fingerprint density at radius 1 is 1.09 bits per heavy atom. The van der Waals surface area contributed by atoms with Gasteiger partial charge in [-0.15, -0.1) is 0 Å². The highest BCUT2D eigenvalue weighted by Crippen LogP contribution is 2.42. The normalized spacial score (nSPS) is 13.2. The smallest absolute Gasteiger partial charge is 0.255 e. The molecule has 1 fully saturated rings. The predicted molar refractivity (Wildman–Crippen MR) is 121 cm³/mol. The zero-order valence-electron chi connectivity index (χ0n) is 18.1. The van der Waals surface area contributed by atoms with E-state index in [-0.39, 0.29) is 5.91 Å². The van der Waals surface area contributed by atoms with Crippen LogP contribution >= 0.6 is 0 Å². The van der Waals surface area contributed by atoms with Gasteiger partial charge in [0.1, 0.15) is 11.5 Å². The fourth-order valence-electron chi connectivity index (χ4n) is 3.75. The summed E-state index contributed by atoms with van der Waals surface area (Å²) in [6.45, 7) is 1.92. The Bertz CT molecular complexity index is 1300. The Kier molecular flexibility index (Phi) is 4.97. The molecule has 1 aromatic carbocycles.